The number of nitrogens with zero attached hydrogens (tertiary/aromatic N) is 2. The van der Waals surface area contributed by atoms with Crippen LogP contribution in [0.2, 0.25) is 0 Å². The maximum atomic E-state index is 11.5. The Hall–Kier alpha value is -2.28. The summed E-state index contributed by atoms with van der Waals surface area (Å²) in [7, 11) is 0. The number of nitriles is 1. The van der Waals surface area contributed by atoms with Gasteiger partial charge in [0.2, 0.25) is 0 Å². The Labute approximate surface area is 100 Å². The fourth-order valence-corrected chi connectivity index (χ4v) is 1.47. The van der Waals surface area contributed by atoms with Crippen LogP contribution in [0.25, 0.3) is 0 Å². The Morgan fingerprint density at radius 1 is 1.53 bits per heavy atom. The summed E-state index contributed by atoms with van der Waals surface area (Å²) in [6.45, 7) is 2.33. The van der Waals surface area contributed by atoms with E-state index in [1.165, 1.54) is 0 Å². The van der Waals surface area contributed by atoms with E-state index in [1.807, 2.05) is 31.2 Å². The zero-order valence-corrected chi connectivity index (χ0v) is 9.55. The van der Waals surface area contributed by atoms with Gasteiger partial charge in [-0.15, -0.1) is 0 Å². The number of carbonyl (C=O) groups is 1. The molecular formula is C13H13N3O. The molecule has 0 radical (unpaired) electrons. The molecule has 1 rings (SSSR count). The molecular weight excluding hydrogens is 214 g/mol. The highest BCUT2D eigenvalue weighted by atomic mass is 16.1. The fraction of sp³-hybridized carbons (Fsp3) is 0.231. The molecule has 4 nitrogen and oxygen atoms in total. The van der Waals surface area contributed by atoms with Crippen molar-refractivity contribution in [1.29, 1.82) is 10.7 Å². The lowest BCUT2D eigenvalue weighted by atomic mass is 9.94. The second-order valence-electron chi connectivity index (χ2n) is 3.33. The molecule has 0 saturated heterocycles. The number of benzene rings is 1. The van der Waals surface area contributed by atoms with Crippen LogP contribution in [0.4, 0.5) is 0 Å². The van der Waals surface area contributed by atoms with E-state index in [4.69, 9.17) is 10.7 Å². The fourth-order valence-electron chi connectivity index (χ4n) is 1.47. The first-order valence-electron chi connectivity index (χ1n) is 5.28. The molecule has 1 N–H and O–H groups in total. The van der Waals surface area contributed by atoms with E-state index in [-0.39, 0.29) is 0 Å². The molecule has 0 aromatic heterocycles. The van der Waals surface area contributed by atoms with Crippen molar-refractivity contribution in [3.63, 3.8) is 0 Å². The second-order valence-corrected chi connectivity index (χ2v) is 3.33. The minimum atomic E-state index is -0.991. The van der Waals surface area contributed by atoms with Gasteiger partial charge in [0.05, 0.1) is 18.0 Å². The summed E-state index contributed by atoms with van der Waals surface area (Å²) < 4.78 is 0. The van der Waals surface area contributed by atoms with Gasteiger partial charge in [0.25, 0.3) is 0 Å². The zero-order valence-electron chi connectivity index (χ0n) is 9.55. The maximum Gasteiger partial charge on any atom is 0.196 e. The zero-order chi connectivity index (χ0) is 12.7. The summed E-state index contributed by atoms with van der Waals surface area (Å²) in [5.74, 6) is -1.53. The van der Waals surface area contributed by atoms with Crippen LogP contribution >= 0.6 is 0 Å². The van der Waals surface area contributed by atoms with Gasteiger partial charge in [0, 0.05) is 6.54 Å². The third-order valence-electron chi connectivity index (χ3n) is 2.23. The van der Waals surface area contributed by atoms with E-state index < -0.39 is 11.7 Å². The number of nitrogens with one attached hydrogen (secondary N) is 1. The molecule has 0 bridgehead atoms. The summed E-state index contributed by atoms with van der Waals surface area (Å²) in [4.78, 5) is 15.7. The van der Waals surface area contributed by atoms with Crippen molar-refractivity contribution in [2.45, 2.75) is 6.92 Å². The Morgan fingerprint density at radius 3 is 2.65 bits per heavy atom. The molecule has 1 aromatic rings. The lowest BCUT2D eigenvalue weighted by Gasteiger charge is -2.09. The minimum Gasteiger partial charge on any atom is -0.305 e. The first-order chi connectivity index (χ1) is 8.24. The molecule has 17 heavy (non-hydrogen) atoms. The highest BCUT2D eigenvalue weighted by Crippen LogP contribution is 2.11. The Kier molecular flexibility index (Phi) is 4.77. The van der Waals surface area contributed by atoms with Gasteiger partial charge in [-0.25, -0.2) is 0 Å². The predicted octanol–water partition coefficient (Wildman–Crippen LogP) is 1.85. The van der Waals surface area contributed by atoms with Crippen LogP contribution in [0.15, 0.2) is 35.3 Å². The molecule has 0 spiro atoms. The summed E-state index contributed by atoms with van der Waals surface area (Å²) in [5.41, 5.74) is 1.18. The van der Waals surface area contributed by atoms with Gasteiger partial charge in [-0.05, 0) is 12.5 Å². The second kappa shape index (κ2) is 6.33. The van der Waals surface area contributed by atoms with E-state index >= 15 is 0 Å². The van der Waals surface area contributed by atoms with E-state index in [2.05, 4.69) is 4.99 Å². The molecule has 0 aliphatic rings. The Morgan fingerprint density at radius 2 is 2.18 bits per heavy atom. The van der Waals surface area contributed by atoms with Gasteiger partial charge in [-0.3, -0.25) is 9.79 Å². The lowest BCUT2D eigenvalue weighted by Crippen LogP contribution is -2.24. The van der Waals surface area contributed by atoms with Gasteiger partial charge in [-0.2, -0.15) is 5.26 Å². The summed E-state index contributed by atoms with van der Waals surface area (Å²) in [6, 6.07) is 11.0. The average Bonchev–Trinajstić information content (AvgIpc) is 2.39. The third-order valence-corrected chi connectivity index (χ3v) is 2.23. The quantitative estimate of drug-likeness (QED) is 0.779. The number of carbonyl (C=O) groups excluding carboxylic acids is 1. The monoisotopic (exact) mass is 227 g/mol. The number of aliphatic imine (C=N–C) groups is 1. The summed E-state index contributed by atoms with van der Waals surface area (Å²) >= 11 is 0. The van der Waals surface area contributed by atoms with Crippen LogP contribution < -0.4 is 0 Å². The molecule has 86 valence electrons. The van der Waals surface area contributed by atoms with Crippen LogP contribution in [-0.4, -0.2) is 24.3 Å². The average molecular weight is 227 g/mol. The molecule has 0 saturated carbocycles. The molecule has 0 heterocycles. The first kappa shape index (κ1) is 12.8. The number of Topliss-reactive ketones (excluding diaryl/α,β-unsaturated/α-hetero) is 1. The van der Waals surface area contributed by atoms with Crippen molar-refractivity contribution in [3.05, 3.63) is 35.9 Å². The molecule has 0 aliphatic heterocycles. The molecule has 4 heteroatoms. The predicted molar refractivity (Wildman–Crippen MR) is 66.4 cm³/mol. The largest absolute Gasteiger partial charge is 0.305 e. The van der Waals surface area contributed by atoms with Gasteiger partial charge in [0.1, 0.15) is 0 Å². The molecule has 0 aliphatic carbocycles. The molecule has 0 amide bonds. The van der Waals surface area contributed by atoms with E-state index in [1.54, 1.807) is 12.1 Å². The highest BCUT2D eigenvalue weighted by Gasteiger charge is 2.23. The lowest BCUT2D eigenvalue weighted by molar-refractivity contribution is -0.113. The SMILES string of the molecule is CCN=C(c1ccccc1)C(C#N)C(=O)C=N. The number of ketones is 1. The number of hydrogen-bond acceptors (Lipinski definition) is 4. The van der Waals surface area contributed by atoms with E-state index in [0.717, 1.165) is 5.56 Å². The van der Waals surface area contributed by atoms with Crippen molar-refractivity contribution >= 4 is 17.7 Å². The van der Waals surface area contributed by atoms with Gasteiger partial charge >= 0.3 is 0 Å². The van der Waals surface area contributed by atoms with Crippen molar-refractivity contribution in [3.8, 4) is 6.07 Å². The van der Waals surface area contributed by atoms with E-state index in [9.17, 15) is 4.79 Å². The molecule has 0 fully saturated rings. The normalized spacial score (nSPS) is 12.6. The standard InChI is InChI=1S/C13H13N3O/c1-2-16-13(10-6-4-3-5-7-10)11(8-14)12(17)9-15/h3-7,9,11,15H,2H2,1H3. The van der Waals surface area contributed by atoms with Crippen LogP contribution in [-0.2, 0) is 4.79 Å². The van der Waals surface area contributed by atoms with Crippen molar-refractivity contribution in [1.82, 2.24) is 0 Å². The smallest absolute Gasteiger partial charge is 0.196 e. The molecule has 1 unspecified atom stereocenters. The topological polar surface area (TPSA) is 77.1 Å². The van der Waals surface area contributed by atoms with Gasteiger partial charge in [0.15, 0.2) is 11.7 Å². The molecule has 1 aromatic carbocycles. The van der Waals surface area contributed by atoms with Crippen molar-refractivity contribution in [2.24, 2.45) is 10.9 Å². The molecule has 1 atom stereocenters. The third kappa shape index (κ3) is 3.08. The minimum absolute atomic E-state index is 0.434. The Balaban J connectivity index is 3.19. The van der Waals surface area contributed by atoms with Gasteiger partial charge < -0.3 is 5.41 Å². The number of hydrogen-bond donors (Lipinski definition) is 1. The highest BCUT2D eigenvalue weighted by molar-refractivity contribution is 6.35. The van der Waals surface area contributed by atoms with Crippen LogP contribution in [0.3, 0.4) is 0 Å². The van der Waals surface area contributed by atoms with Crippen LogP contribution in [0, 0.1) is 22.7 Å². The first-order valence-corrected chi connectivity index (χ1v) is 5.28. The van der Waals surface area contributed by atoms with E-state index in [0.29, 0.717) is 18.5 Å². The van der Waals surface area contributed by atoms with Gasteiger partial charge in [-0.1, -0.05) is 30.3 Å². The maximum absolute atomic E-state index is 11.5. The summed E-state index contributed by atoms with van der Waals surface area (Å²) in [6.07, 6.45) is 0.669. The summed E-state index contributed by atoms with van der Waals surface area (Å²) in [5, 5.41) is 16.0. The van der Waals surface area contributed by atoms with Crippen molar-refractivity contribution in [2.75, 3.05) is 6.54 Å². The Bertz CT molecular complexity index is 471. The number of rotatable bonds is 5. The van der Waals surface area contributed by atoms with Crippen LogP contribution in [0.1, 0.15) is 12.5 Å². The van der Waals surface area contributed by atoms with Crippen molar-refractivity contribution < 1.29 is 4.79 Å². The van der Waals surface area contributed by atoms with Crippen LogP contribution in [0.5, 0.6) is 0 Å².